The van der Waals surface area contributed by atoms with Crippen LogP contribution in [0.3, 0.4) is 0 Å². The molecule has 0 bridgehead atoms. The van der Waals surface area contributed by atoms with Crippen LogP contribution < -0.4 is 0 Å². The summed E-state index contributed by atoms with van der Waals surface area (Å²) < 4.78 is 1.84. The first-order valence-electron chi connectivity index (χ1n) is 6.93. The lowest BCUT2D eigenvalue weighted by molar-refractivity contribution is 0.0696. The number of ketones is 1. The molecule has 0 spiro atoms. The van der Waals surface area contributed by atoms with Crippen molar-refractivity contribution in [2.45, 2.75) is 0 Å². The fraction of sp³-hybridized carbons (Fsp3) is 0. The van der Waals surface area contributed by atoms with Crippen molar-refractivity contribution in [3.8, 4) is 0 Å². The molecule has 23 heavy (non-hydrogen) atoms. The predicted octanol–water partition coefficient (Wildman–Crippen LogP) is 5.05. The third kappa shape index (κ3) is 2.25. The lowest BCUT2D eigenvalue weighted by Gasteiger charge is -1.97. The zero-order valence-electron chi connectivity index (χ0n) is 11.8. The van der Waals surface area contributed by atoms with Gasteiger partial charge in [-0.2, -0.15) is 0 Å². The standard InChI is InChI=1S/C18H10O3S2/c19-16(14-9-10-5-1-3-7-12(10)22-14)17-15(18(20)21)11-6-2-4-8-13(11)23-17/h1-9H,(H,20,21). The van der Waals surface area contributed by atoms with Crippen molar-refractivity contribution in [1.82, 2.24) is 0 Å². The molecule has 0 aliphatic heterocycles. The van der Waals surface area contributed by atoms with Gasteiger partial charge in [0.2, 0.25) is 5.78 Å². The SMILES string of the molecule is O=C(c1cc2ccccc2s1)c1sc2ccccc2c1C(=O)O. The Hall–Kier alpha value is -2.50. The Balaban J connectivity index is 1.92. The van der Waals surface area contributed by atoms with Gasteiger partial charge in [-0.15, -0.1) is 22.7 Å². The molecule has 2 aromatic heterocycles. The molecule has 0 unspecified atom stereocenters. The summed E-state index contributed by atoms with van der Waals surface area (Å²) in [5.74, 6) is -1.28. The largest absolute Gasteiger partial charge is 0.478 e. The number of aromatic carboxylic acids is 1. The summed E-state index contributed by atoms with van der Waals surface area (Å²) in [4.78, 5) is 25.4. The Kier molecular flexibility index (Phi) is 3.25. The molecule has 0 amide bonds. The van der Waals surface area contributed by atoms with Crippen molar-refractivity contribution in [2.24, 2.45) is 0 Å². The molecule has 112 valence electrons. The van der Waals surface area contributed by atoms with E-state index < -0.39 is 5.97 Å². The summed E-state index contributed by atoms with van der Waals surface area (Å²) in [6.07, 6.45) is 0. The molecule has 5 heteroatoms. The van der Waals surface area contributed by atoms with E-state index in [0.29, 0.717) is 15.1 Å². The number of carboxylic acid groups (broad SMARTS) is 1. The first-order chi connectivity index (χ1) is 11.1. The van der Waals surface area contributed by atoms with Crippen molar-refractivity contribution in [2.75, 3.05) is 0 Å². The summed E-state index contributed by atoms with van der Waals surface area (Å²) in [5.41, 5.74) is 0.105. The second kappa shape index (κ2) is 5.30. The number of rotatable bonds is 3. The summed E-state index contributed by atoms with van der Waals surface area (Å²) in [6.45, 7) is 0. The van der Waals surface area contributed by atoms with Crippen LogP contribution in [0.2, 0.25) is 0 Å². The van der Waals surface area contributed by atoms with Gasteiger partial charge in [0.25, 0.3) is 0 Å². The van der Waals surface area contributed by atoms with E-state index in [4.69, 9.17) is 0 Å². The fourth-order valence-electron chi connectivity index (χ4n) is 2.62. The quantitative estimate of drug-likeness (QED) is 0.532. The molecule has 0 atom stereocenters. The first kappa shape index (κ1) is 14.1. The van der Waals surface area contributed by atoms with Gasteiger partial charge >= 0.3 is 5.97 Å². The van der Waals surface area contributed by atoms with Gasteiger partial charge in [-0.25, -0.2) is 4.79 Å². The summed E-state index contributed by atoms with van der Waals surface area (Å²) in [5, 5.41) is 11.2. The molecule has 4 rings (SSSR count). The van der Waals surface area contributed by atoms with Crippen molar-refractivity contribution < 1.29 is 14.7 Å². The Morgan fingerprint density at radius 1 is 0.870 bits per heavy atom. The highest BCUT2D eigenvalue weighted by Gasteiger charge is 2.25. The van der Waals surface area contributed by atoms with Crippen LogP contribution >= 0.6 is 22.7 Å². The summed E-state index contributed by atoms with van der Waals surface area (Å²) in [6, 6.07) is 16.8. The maximum Gasteiger partial charge on any atom is 0.337 e. The van der Waals surface area contributed by atoms with Crippen molar-refractivity contribution in [1.29, 1.82) is 0 Å². The molecule has 0 aliphatic rings. The van der Waals surface area contributed by atoms with Gasteiger partial charge < -0.3 is 5.11 Å². The number of carbonyl (C=O) groups excluding carboxylic acids is 1. The normalized spacial score (nSPS) is 11.1. The number of hydrogen-bond acceptors (Lipinski definition) is 4. The number of hydrogen-bond donors (Lipinski definition) is 1. The van der Waals surface area contributed by atoms with E-state index in [1.54, 1.807) is 12.1 Å². The minimum Gasteiger partial charge on any atom is -0.478 e. The molecule has 0 radical (unpaired) electrons. The van der Waals surface area contributed by atoms with E-state index in [2.05, 4.69) is 0 Å². The smallest absolute Gasteiger partial charge is 0.337 e. The Morgan fingerprint density at radius 2 is 1.57 bits per heavy atom. The minimum absolute atomic E-state index is 0.105. The van der Waals surface area contributed by atoms with Gasteiger partial charge in [0, 0.05) is 14.8 Å². The van der Waals surface area contributed by atoms with Crippen LogP contribution in [0.4, 0.5) is 0 Å². The van der Waals surface area contributed by atoms with Gasteiger partial charge in [-0.3, -0.25) is 4.79 Å². The van der Waals surface area contributed by atoms with Gasteiger partial charge in [0.15, 0.2) is 0 Å². The van der Waals surface area contributed by atoms with Crippen molar-refractivity contribution in [3.05, 3.63) is 69.9 Å². The first-order valence-corrected chi connectivity index (χ1v) is 8.56. The van der Waals surface area contributed by atoms with Crippen molar-refractivity contribution in [3.63, 3.8) is 0 Å². The van der Waals surface area contributed by atoms with E-state index in [0.717, 1.165) is 14.8 Å². The number of carboxylic acids is 1. The average Bonchev–Trinajstić information content (AvgIpc) is 3.15. The Bertz CT molecular complexity index is 1040. The minimum atomic E-state index is -1.06. The van der Waals surface area contributed by atoms with Crippen LogP contribution in [0.1, 0.15) is 24.9 Å². The van der Waals surface area contributed by atoms with Crippen LogP contribution in [0.5, 0.6) is 0 Å². The number of carbonyl (C=O) groups is 2. The third-order valence-corrected chi connectivity index (χ3v) is 5.95. The zero-order chi connectivity index (χ0) is 16.0. The van der Waals surface area contributed by atoms with E-state index in [9.17, 15) is 14.7 Å². The maximum atomic E-state index is 12.9. The monoisotopic (exact) mass is 338 g/mol. The Morgan fingerprint density at radius 3 is 2.30 bits per heavy atom. The van der Waals surface area contributed by atoms with Crippen LogP contribution in [-0.4, -0.2) is 16.9 Å². The topological polar surface area (TPSA) is 54.4 Å². The molecule has 1 N–H and O–H groups in total. The van der Waals surface area contributed by atoms with Crippen LogP contribution in [0.15, 0.2) is 54.6 Å². The molecule has 2 heterocycles. The van der Waals surface area contributed by atoms with E-state index in [-0.39, 0.29) is 11.3 Å². The van der Waals surface area contributed by atoms with Gasteiger partial charge in [-0.1, -0.05) is 36.4 Å². The maximum absolute atomic E-state index is 12.9. The average molecular weight is 338 g/mol. The van der Waals surface area contributed by atoms with Crippen molar-refractivity contribution >= 4 is 54.6 Å². The molecule has 2 aromatic carbocycles. The number of benzene rings is 2. The molecular weight excluding hydrogens is 328 g/mol. The lowest BCUT2D eigenvalue weighted by atomic mass is 10.1. The lowest BCUT2D eigenvalue weighted by Crippen LogP contribution is -2.05. The highest BCUT2D eigenvalue weighted by Crippen LogP contribution is 2.35. The van der Waals surface area contributed by atoms with Crippen LogP contribution in [0.25, 0.3) is 20.2 Å². The van der Waals surface area contributed by atoms with E-state index in [1.807, 2.05) is 42.5 Å². The fourth-order valence-corrected chi connectivity index (χ4v) is 4.85. The second-order valence-electron chi connectivity index (χ2n) is 5.09. The van der Waals surface area contributed by atoms with E-state index >= 15 is 0 Å². The molecule has 0 saturated heterocycles. The summed E-state index contributed by atoms with van der Waals surface area (Å²) >= 11 is 2.64. The second-order valence-corrected chi connectivity index (χ2v) is 7.22. The van der Waals surface area contributed by atoms with E-state index in [1.165, 1.54) is 22.7 Å². The predicted molar refractivity (Wildman–Crippen MR) is 94.0 cm³/mol. The number of fused-ring (bicyclic) bond motifs is 2. The van der Waals surface area contributed by atoms with Gasteiger partial charge in [-0.05, 0) is 23.6 Å². The molecular formula is C18H10O3S2. The highest BCUT2D eigenvalue weighted by atomic mass is 32.1. The van der Waals surface area contributed by atoms with Crippen LogP contribution in [-0.2, 0) is 0 Å². The van der Waals surface area contributed by atoms with Crippen LogP contribution in [0, 0.1) is 0 Å². The number of thiophene rings is 2. The zero-order valence-corrected chi connectivity index (χ0v) is 13.4. The third-order valence-electron chi connectivity index (χ3n) is 3.66. The van der Waals surface area contributed by atoms with Gasteiger partial charge in [0.05, 0.1) is 15.3 Å². The Labute approximate surface area is 139 Å². The highest BCUT2D eigenvalue weighted by molar-refractivity contribution is 7.24. The molecule has 3 nitrogen and oxygen atoms in total. The summed E-state index contributed by atoms with van der Waals surface area (Å²) in [7, 11) is 0. The molecule has 4 aromatic rings. The molecule has 0 saturated carbocycles. The molecule has 0 fully saturated rings. The van der Waals surface area contributed by atoms with Gasteiger partial charge in [0.1, 0.15) is 0 Å². The molecule has 0 aliphatic carbocycles.